The van der Waals surface area contributed by atoms with E-state index in [2.05, 4.69) is 13.8 Å². The van der Waals surface area contributed by atoms with E-state index in [1.165, 1.54) is 13.5 Å². The molecule has 4 heteroatoms. The molecule has 0 amide bonds. The monoisotopic (exact) mass is 294 g/mol. The Hall–Kier alpha value is -1.06. The topological polar surface area (TPSA) is 63.6 Å². The third-order valence-electron chi connectivity index (χ3n) is 6.79. The summed E-state index contributed by atoms with van der Waals surface area (Å²) in [4.78, 5) is 23.9. The number of esters is 1. The Kier molecular flexibility index (Phi) is 3.74. The number of carboxylic acids is 1. The van der Waals surface area contributed by atoms with E-state index >= 15 is 0 Å². The summed E-state index contributed by atoms with van der Waals surface area (Å²) in [6.45, 7) is 4.45. The van der Waals surface area contributed by atoms with Gasteiger partial charge >= 0.3 is 11.9 Å². The number of rotatable bonds is 4. The minimum atomic E-state index is -0.800. The lowest BCUT2D eigenvalue weighted by Gasteiger charge is -2.38. The Morgan fingerprint density at radius 3 is 1.95 bits per heavy atom. The standard InChI is InChI=1S/C17H26O4/c1-4-8-6-9(5-2)13-11-7-10(12(8)13)14(16(18)19)15(11)17(20)21-3/h8-15H,4-7H2,1-3H3,(H,18,19). The summed E-state index contributed by atoms with van der Waals surface area (Å²) >= 11 is 0. The van der Waals surface area contributed by atoms with Crippen LogP contribution in [0.3, 0.4) is 0 Å². The van der Waals surface area contributed by atoms with E-state index < -0.39 is 17.8 Å². The van der Waals surface area contributed by atoms with Crippen molar-refractivity contribution in [3.8, 4) is 0 Å². The molecule has 2 bridgehead atoms. The molecule has 3 rings (SSSR count). The van der Waals surface area contributed by atoms with Gasteiger partial charge in [-0.3, -0.25) is 9.59 Å². The highest BCUT2D eigenvalue weighted by Gasteiger charge is 2.67. The number of methoxy groups -OCH3 is 1. The maximum Gasteiger partial charge on any atom is 0.309 e. The molecule has 3 fully saturated rings. The van der Waals surface area contributed by atoms with Crippen LogP contribution in [0.1, 0.15) is 39.5 Å². The quantitative estimate of drug-likeness (QED) is 0.810. The van der Waals surface area contributed by atoms with Crippen LogP contribution in [0.5, 0.6) is 0 Å². The van der Waals surface area contributed by atoms with Crippen molar-refractivity contribution >= 4 is 11.9 Å². The fraction of sp³-hybridized carbons (Fsp3) is 0.882. The lowest BCUT2D eigenvalue weighted by Crippen LogP contribution is -2.43. The summed E-state index contributed by atoms with van der Waals surface area (Å²) in [6, 6.07) is 0. The van der Waals surface area contributed by atoms with E-state index in [0.717, 1.165) is 19.3 Å². The molecular weight excluding hydrogens is 268 g/mol. The zero-order valence-electron chi connectivity index (χ0n) is 13.1. The van der Waals surface area contributed by atoms with E-state index in [9.17, 15) is 14.7 Å². The summed E-state index contributed by atoms with van der Waals surface area (Å²) in [5.41, 5.74) is 0. The van der Waals surface area contributed by atoms with Crippen molar-refractivity contribution in [3.63, 3.8) is 0 Å². The number of ether oxygens (including phenoxy) is 1. The molecule has 118 valence electrons. The Morgan fingerprint density at radius 2 is 1.52 bits per heavy atom. The number of hydrogen-bond donors (Lipinski definition) is 1. The van der Waals surface area contributed by atoms with Crippen molar-refractivity contribution in [2.24, 2.45) is 47.3 Å². The van der Waals surface area contributed by atoms with E-state index in [1.54, 1.807) is 0 Å². The minimum absolute atomic E-state index is 0.183. The van der Waals surface area contributed by atoms with Crippen molar-refractivity contribution in [2.45, 2.75) is 39.5 Å². The molecule has 0 radical (unpaired) electrons. The van der Waals surface area contributed by atoms with Crippen molar-refractivity contribution < 1.29 is 19.4 Å². The van der Waals surface area contributed by atoms with Gasteiger partial charge in [0.2, 0.25) is 0 Å². The molecule has 0 aromatic carbocycles. The third-order valence-corrected chi connectivity index (χ3v) is 6.79. The zero-order valence-corrected chi connectivity index (χ0v) is 13.1. The fourth-order valence-corrected chi connectivity index (χ4v) is 6.21. The predicted molar refractivity (Wildman–Crippen MR) is 77.4 cm³/mol. The normalized spacial score (nSPS) is 47.4. The second-order valence-electron chi connectivity index (χ2n) is 7.20. The van der Waals surface area contributed by atoms with E-state index in [0.29, 0.717) is 23.7 Å². The number of fused-ring (bicyclic) bond motifs is 5. The van der Waals surface area contributed by atoms with Crippen molar-refractivity contribution in [1.82, 2.24) is 0 Å². The highest BCUT2D eigenvalue weighted by atomic mass is 16.5. The molecular formula is C17H26O4. The second kappa shape index (κ2) is 5.29. The van der Waals surface area contributed by atoms with Gasteiger partial charge in [-0.1, -0.05) is 26.7 Å². The largest absolute Gasteiger partial charge is 0.481 e. The Bertz CT molecular complexity index is 446. The van der Waals surface area contributed by atoms with Crippen LogP contribution in [0.4, 0.5) is 0 Å². The molecule has 1 N–H and O–H groups in total. The van der Waals surface area contributed by atoms with Gasteiger partial charge in [0.1, 0.15) is 0 Å². The molecule has 0 aliphatic heterocycles. The average Bonchev–Trinajstić information content (AvgIpc) is 3.13. The van der Waals surface area contributed by atoms with Crippen LogP contribution in [0.15, 0.2) is 0 Å². The number of aliphatic carboxylic acids is 1. The summed E-state index contributed by atoms with van der Waals surface area (Å²) in [7, 11) is 1.38. The summed E-state index contributed by atoms with van der Waals surface area (Å²) in [5, 5.41) is 9.64. The maximum absolute atomic E-state index is 12.2. The van der Waals surface area contributed by atoms with Gasteiger partial charge in [0.15, 0.2) is 0 Å². The minimum Gasteiger partial charge on any atom is -0.481 e. The Morgan fingerprint density at radius 1 is 1.00 bits per heavy atom. The predicted octanol–water partition coefficient (Wildman–Crippen LogP) is 2.81. The fourth-order valence-electron chi connectivity index (χ4n) is 6.21. The second-order valence-corrected chi connectivity index (χ2v) is 7.20. The van der Waals surface area contributed by atoms with Gasteiger partial charge < -0.3 is 9.84 Å². The first kappa shape index (κ1) is 14.9. The van der Waals surface area contributed by atoms with Crippen LogP contribution in [-0.4, -0.2) is 24.2 Å². The highest BCUT2D eigenvalue weighted by Crippen LogP contribution is 2.67. The van der Waals surface area contributed by atoms with Crippen molar-refractivity contribution in [2.75, 3.05) is 7.11 Å². The first-order valence-corrected chi connectivity index (χ1v) is 8.35. The number of carbonyl (C=O) groups is 2. The SMILES string of the molecule is CCC1CC(CC)C2C3CC(C(C(=O)O)C3C(=O)OC)C12. The van der Waals surface area contributed by atoms with Gasteiger partial charge in [-0.15, -0.1) is 0 Å². The molecule has 8 unspecified atom stereocenters. The van der Waals surface area contributed by atoms with Crippen molar-refractivity contribution in [1.29, 1.82) is 0 Å². The Labute approximate surface area is 126 Å². The molecule has 0 aromatic rings. The van der Waals surface area contributed by atoms with Gasteiger partial charge in [-0.05, 0) is 48.3 Å². The van der Waals surface area contributed by atoms with Crippen LogP contribution in [0, 0.1) is 47.3 Å². The summed E-state index contributed by atoms with van der Waals surface area (Å²) in [6.07, 6.45) is 4.41. The van der Waals surface area contributed by atoms with E-state index in [1.807, 2.05) is 0 Å². The molecule has 0 spiro atoms. The van der Waals surface area contributed by atoms with E-state index in [4.69, 9.17) is 4.74 Å². The van der Waals surface area contributed by atoms with Crippen LogP contribution < -0.4 is 0 Å². The summed E-state index contributed by atoms with van der Waals surface area (Å²) in [5.74, 6) is 0.757. The molecule has 8 atom stereocenters. The first-order valence-electron chi connectivity index (χ1n) is 8.35. The van der Waals surface area contributed by atoms with Gasteiger partial charge in [0, 0.05) is 0 Å². The molecule has 0 saturated heterocycles. The lowest BCUT2D eigenvalue weighted by atomic mass is 9.65. The average molecular weight is 294 g/mol. The van der Waals surface area contributed by atoms with Gasteiger partial charge in [0.05, 0.1) is 18.9 Å². The smallest absolute Gasteiger partial charge is 0.309 e. The van der Waals surface area contributed by atoms with Gasteiger partial charge in [0.25, 0.3) is 0 Å². The van der Waals surface area contributed by atoms with E-state index in [-0.39, 0.29) is 17.8 Å². The first-order chi connectivity index (χ1) is 10.0. The molecule has 0 aromatic heterocycles. The van der Waals surface area contributed by atoms with Gasteiger partial charge in [-0.25, -0.2) is 0 Å². The number of carboxylic acid groups (broad SMARTS) is 1. The molecule has 3 aliphatic carbocycles. The highest BCUT2D eigenvalue weighted by molar-refractivity contribution is 5.83. The number of hydrogen-bond acceptors (Lipinski definition) is 3. The zero-order chi connectivity index (χ0) is 15.3. The third kappa shape index (κ3) is 1.94. The molecule has 0 heterocycles. The summed E-state index contributed by atoms with van der Waals surface area (Å²) < 4.78 is 4.94. The molecule has 3 saturated carbocycles. The molecule has 4 nitrogen and oxygen atoms in total. The van der Waals surface area contributed by atoms with Crippen molar-refractivity contribution in [3.05, 3.63) is 0 Å². The van der Waals surface area contributed by atoms with Crippen LogP contribution in [0.25, 0.3) is 0 Å². The van der Waals surface area contributed by atoms with Gasteiger partial charge in [-0.2, -0.15) is 0 Å². The van der Waals surface area contributed by atoms with Crippen LogP contribution in [0.2, 0.25) is 0 Å². The number of carbonyl (C=O) groups excluding carboxylic acids is 1. The Balaban J connectivity index is 1.96. The lowest BCUT2D eigenvalue weighted by molar-refractivity contribution is -0.161. The molecule has 3 aliphatic rings. The van der Waals surface area contributed by atoms with Crippen LogP contribution >= 0.6 is 0 Å². The maximum atomic E-state index is 12.2. The molecule has 21 heavy (non-hydrogen) atoms. The van der Waals surface area contributed by atoms with Crippen LogP contribution in [-0.2, 0) is 14.3 Å².